The molecule has 6 heteroatoms. The van der Waals surface area contributed by atoms with E-state index < -0.39 is 6.10 Å². The lowest BCUT2D eigenvalue weighted by Gasteiger charge is -2.23. The van der Waals surface area contributed by atoms with E-state index in [1.54, 1.807) is 18.3 Å². The Bertz CT molecular complexity index is 960. The summed E-state index contributed by atoms with van der Waals surface area (Å²) in [6, 6.07) is 11.2. The number of ether oxygens (including phenoxy) is 1. The highest BCUT2D eigenvalue weighted by Gasteiger charge is 2.19. The Hall–Kier alpha value is -2.73. The molecule has 6 nitrogen and oxygen atoms in total. The summed E-state index contributed by atoms with van der Waals surface area (Å²) in [5.41, 5.74) is 1.19. The van der Waals surface area contributed by atoms with Crippen molar-refractivity contribution in [2.75, 3.05) is 6.61 Å². The van der Waals surface area contributed by atoms with E-state index >= 15 is 0 Å². The van der Waals surface area contributed by atoms with Gasteiger partial charge in [-0.2, -0.15) is 0 Å². The number of aliphatic hydroxyl groups excluding tert-OH is 1. The van der Waals surface area contributed by atoms with Gasteiger partial charge in [-0.25, -0.2) is 9.97 Å². The first kappa shape index (κ1) is 18.1. The van der Waals surface area contributed by atoms with Crippen LogP contribution in [0.5, 0.6) is 5.75 Å². The molecule has 26 heavy (non-hydrogen) atoms. The van der Waals surface area contributed by atoms with Crippen LogP contribution in [0.4, 0.5) is 0 Å². The smallest absolute Gasteiger partial charge is 0.262 e. The molecule has 2 aromatic heterocycles. The molecular weight excluding hydrogens is 330 g/mol. The van der Waals surface area contributed by atoms with Crippen LogP contribution in [0.1, 0.15) is 26.3 Å². The molecule has 0 saturated heterocycles. The van der Waals surface area contributed by atoms with Crippen molar-refractivity contribution in [3.63, 3.8) is 0 Å². The van der Waals surface area contributed by atoms with E-state index in [0.717, 1.165) is 11.3 Å². The van der Waals surface area contributed by atoms with E-state index in [1.807, 2.05) is 24.3 Å². The number of hydrogen-bond acceptors (Lipinski definition) is 5. The fourth-order valence-corrected chi connectivity index (χ4v) is 2.81. The molecule has 1 atom stereocenters. The van der Waals surface area contributed by atoms with Gasteiger partial charge in [0.15, 0.2) is 5.65 Å². The number of pyridine rings is 1. The van der Waals surface area contributed by atoms with Crippen molar-refractivity contribution in [2.45, 2.75) is 38.8 Å². The number of fused-ring (bicyclic) bond motifs is 1. The predicted octanol–water partition coefficient (Wildman–Crippen LogP) is 2.53. The minimum Gasteiger partial charge on any atom is -0.491 e. The highest BCUT2D eigenvalue weighted by molar-refractivity contribution is 5.72. The molecular formula is C20H23N3O3. The Morgan fingerprint density at radius 3 is 2.69 bits per heavy atom. The summed E-state index contributed by atoms with van der Waals surface area (Å²) in [5.74, 6) is 0.743. The third-order valence-corrected chi connectivity index (χ3v) is 4.13. The van der Waals surface area contributed by atoms with E-state index in [-0.39, 0.29) is 24.1 Å². The highest BCUT2D eigenvalue weighted by atomic mass is 16.5. The molecule has 0 aliphatic heterocycles. The number of aromatic nitrogens is 3. The fourth-order valence-electron chi connectivity index (χ4n) is 2.81. The van der Waals surface area contributed by atoms with Gasteiger partial charge in [0.2, 0.25) is 0 Å². The Morgan fingerprint density at radius 1 is 1.15 bits per heavy atom. The summed E-state index contributed by atoms with van der Waals surface area (Å²) in [5, 5.41) is 10.8. The van der Waals surface area contributed by atoms with E-state index in [0.29, 0.717) is 11.0 Å². The van der Waals surface area contributed by atoms with E-state index in [4.69, 9.17) is 4.74 Å². The molecule has 0 fully saturated rings. The third-order valence-electron chi connectivity index (χ3n) is 4.13. The molecule has 3 aromatic rings. The Labute approximate surface area is 152 Å². The van der Waals surface area contributed by atoms with Crippen molar-refractivity contribution in [1.82, 2.24) is 14.5 Å². The molecule has 0 radical (unpaired) electrons. The van der Waals surface area contributed by atoms with Crippen LogP contribution in [0, 0.1) is 0 Å². The van der Waals surface area contributed by atoms with Gasteiger partial charge in [-0.05, 0) is 29.2 Å². The Kier molecular flexibility index (Phi) is 5.04. The second kappa shape index (κ2) is 7.25. The maximum Gasteiger partial charge on any atom is 0.262 e. The number of para-hydroxylation sites is 1. The number of rotatable bonds is 5. The monoisotopic (exact) mass is 353 g/mol. The first-order chi connectivity index (χ1) is 12.4. The summed E-state index contributed by atoms with van der Waals surface area (Å²) in [6.07, 6.45) is 2.16. The van der Waals surface area contributed by atoms with Gasteiger partial charge in [-0.3, -0.25) is 9.36 Å². The fraction of sp³-hybridized carbons (Fsp3) is 0.350. The molecule has 1 aromatic carbocycles. The van der Waals surface area contributed by atoms with Crippen LogP contribution in [0.2, 0.25) is 0 Å². The molecule has 0 amide bonds. The van der Waals surface area contributed by atoms with E-state index in [2.05, 4.69) is 30.7 Å². The number of hydrogen-bond donors (Lipinski definition) is 1. The Balaban J connectivity index is 1.72. The van der Waals surface area contributed by atoms with Crippen LogP contribution in [0.15, 0.2) is 53.7 Å². The van der Waals surface area contributed by atoms with Crippen LogP contribution >= 0.6 is 0 Å². The summed E-state index contributed by atoms with van der Waals surface area (Å²) < 4.78 is 7.21. The highest BCUT2D eigenvalue weighted by Crippen LogP contribution is 2.30. The topological polar surface area (TPSA) is 77.2 Å². The van der Waals surface area contributed by atoms with E-state index in [1.165, 1.54) is 10.9 Å². The van der Waals surface area contributed by atoms with Crippen LogP contribution in [-0.2, 0) is 12.0 Å². The molecule has 1 unspecified atom stereocenters. The second-order valence-corrected chi connectivity index (χ2v) is 7.29. The van der Waals surface area contributed by atoms with Gasteiger partial charge in [-0.15, -0.1) is 0 Å². The standard InChI is InChI=1S/C20H23N3O3/c1-20(2,3)16-8-4-5-9-17(16)26-12-14(24)11-23-13-22-18-15(19(23)25)7-6-10-21-18/h4-10,13-14,24H,11-12H2,1-3H3. The van der Waals surface area contributed by atoms with Crippen molar-refractivity contribution >= 4 is 11.0 Å². The molecule has 0 bridgehead atoms. The normalized spacial score (nSPS) is 12.9. The maximum atomic E-state index is 12.5. The molecule has 3 rings (SSSR count). The lowest BCUT2D eigenvalue weighted by molar-refractivity contribution is 0.0905. The molecule has 0 aliphatic rings. The second-order valence-electron chi connectivity index (χ2n) is 7.29. The van der Waals surface area contributed by atoms with Crippen LogP contribution in [-0.4, -0.2) is 32.4 Å². The van der Waals surface area contributed by atoms with Crippen molar-refractivity contribution in [1.29, 1.82) is 0 Å². The van der Waals surface area contributed by atoms with Gasteiger partial charge in [0.05, 0.1) is 11.9 Å². The number of aliphatic hydroxyl groups is 1. The van der Waals surface area contributed by atoms with Gasteiger partial charge >= 0.3 is 0 Å². The average Bonchev–Trinajstić information content (AvgIpc) is 2.62. The Morgan fingerprint density at radius 2 is 1.92 bits per heavy atom. The zero-order valence-electron chi connectivity index (χ0n) is 15.2. The predicted molar refractivity (Wildman–Crippen MR) is 100 cm³/mol. The van der Waals surface area contributed by atoms with Gasteiger partial charge in [-0.1, -0.05) is 39.0 Å². The maximum absolute atomic E-state index is 12.5. The van der Waals surface area contributed by atoms with Crippen LogP contribution in [0.25, 0.3) is 11.0 Å². The summed E-state index contributed by atoms with van der Waals surface area (Å²) in [6.45, 7) is 6.53. The van der Waals surface area contributed by atoms with E-state index in [9.17, 15) is 9.90 Å². The SMILES string of the molecule is CC(C)(C)c1ccccc1OCC(O)Cn1cnc2ncccc2c1=O. The van der Waals surface area contributed by atoms with Gasteiger partial charge in [0.25, 0.3) is 5.56 Å². The number of nitrogens with zero attached hydrogens (tertiary/aromatic N) is 3. The number of benzene rings is 1. The van der Waals surface area contributed by atoms with Crippen LogP contribution in [0.3, 0.4) is 0 Å². The minimum absolute atomic E-state index is 0.0618. The molecule has 0 saturated carbocycles. The van der Waals surface area contributed by atoms with Crippen molar-refractivity contribution in [3.05, 3.63) is 64.8 Å². The minimum atomic E-state index is -0.836. The first-order valence-electron chi connectivity index (χ1n) is 8.57. The molecule has 1 N–H and O–H groups in total. The molecule has 0 spiro atoms. The molecule has 136 valence electrons. The zero-order valence-corrected chi connectivity index (χ0v) is 15.2. The lowest BCUT2D eigenvalue weighted by atomic mass is 9.86. The largest absolute Gasteiger partial charge is 0.491 e. The van der Waals surface area contributed by atoms with Gasteiger partial charge in [0, 0.05) is 6.20 Å². The summed E-state index contributed by atoms with van der Waals surface area (Å²) >= 11 is 0. The summed E-state index contributed by atoms with van der Waals surface area (Å²) in [7, 11) is 0. The van der Waals surface area contributed by atoms with Gasteiger partial charge < -0.3 is 9.84 Å². The van der Waals surface area contributed by atoms with Crippen LogP contribution < -0.4 is 10.3 Å². The summed E-state index contributed by atoms with van der Waals surface area (Å²) in [4.78, 5) is 20.7. The quantitative estimate of drug-likeness (QED) is 0.763. The average molecular weight is 353 g/mol. The third kappa shape index (κ3) is 3.91. The molecule has 0 aliphatic carbocycles. The molecule has 2 heterocycles. The van der Waals surface area contributed by atoms with Crippen molar-refractivity contribution in [2.24, 2.45) is 0 Å². The van der Waals surface area contributed by atoms with Gasteiger partial charge in [0.1, 0.15) is 24.8 Å². The van der Waals surface area contributed by atoms with Crippen molar-refractivity contribution < 1.29 is 9.84 Å². The first-order valence-corrected chi connectivity index (χ1v) is 8.57. The zero-order chi connectivity index (χ0) is 18.7. The lowest BCUT2D eigenvalue weighted by Crippen LogP contribution is -2.30. The van der Waals surface area contributed by atoms with Crippen molar-refractivity contribution in [3.8, 4) is 5.75 Å².